The highest BCUT2D eigenvalue weighted by Crippen LogP contribution is 2.41. The molecule has 1 fully saturated rings. The Morgan fingerprint density at radius 3 is 2.85 bits per heavy atom. The van der Waals surface area contributed by atoms with Crippen molar-refractivity contribution in [3.8, 4) is 17.3 Å². The standard InChI is InChI=1S/C28H34N8O3/c1-17(2)36-23(26(37)32-20-6-9-39-10-7-20)13-24(35-36)34-27-30-8-5-22(33-27)18-11-19(14-29)25-21(12-18)28(3,15-31-25)16-38-4/h5,8,11-13,17,20,31H,6-7,9-10,15-16H2,1-4H3,(H,32,37)(H,30,33,34,35). The molecule has 0 spiro atoms. The maximum Gasteiger partial charge on any atom is 0.269 e. The van der Waals surface area contributed by atoms with Crippen molar-refractivity contribution in [1.29, 1.82) is 5.26 Å². The molecule has 1 amide bonds. The maximum atomic E-state index is 13.1. The van der Waals surface area contributed by atoms with Crippen molar-refractivity contribution < 1.29 is 14.3 Å². The van der Waals surface area contributed by atoms with Crippen LogP contribution in [0.15, 0.2) is 30.5 Å². The summed E-state index contributed by atoms with van der Waals surface area (Å²) < 4.78 is 12.6. The molecule has 0 radical (unpaired) electrons. The van der Waals surface area contributed by atoms with Crippen LogP contribution < -0.4 is 16.0 Å². The van der Waals surface area contributed by atoms with Crippen LogP contribution in [0.5, 0.6) is 0 Å². The minimum atomic E-state index is -0.259. The number of hydrogen-bond donors (Lipinski definition) is 3. The van der Waals surface area contributed by atoms with Gasteiger partial charge in [0.05, 0.1) is 23.6 Å². The SMILES string of the molecule is COCC1(C)CNc2c(C#N)cc(-c3ccnc(Nc4cc(C(=O)NC5CCOCC5)n(C(C)C)n4)n3)cc21. The number of rotatable bonds is 8. The number of amides is 1. The summed E-state index contributed by atoms with van der Waals surface area (Å²) in [6.45, 7) is 8.59. The van der Waals surface area contributed by atoms with Crippen molar-refractivity contribution in [2.45, 2.75) is 51.1 Å². The number of hydrogen-bond acceptors (Lipinski definition) is 9. The maximum absolute atomic E-state index is 13.1. The number of carbonyl (C=O) groups is 1. The van der Waals surface area contributed by atoms with Crippen molar-refractivity contribution >= 4 is 23.4 Å². The van der Waals surface area contributed by atoms with Crippen LogP contribution in [0, 0.1) is 11.3 Å². The van der Waals surface area contributed by atoms with E-state index in [-0.39, 0.29) is 23.4 Å². The number of nitriles is 1. The average Bonchev–Trinajstić information content (AvgIpc) is 3.51. The van der Waals surface area contributed by atoms with Crippen LogP contribution in [-0.4, -0.2) is 65.2 Å². The topological polar surface area (TPSA) is 139 Å². The molecule has 1 saturated heterocycles. The third kappa shape index (κ3) is 5.44. The summed E-state index contributed by atoms with van der Waals surface area (Å²) in [5.74, 6) is 0.649. The van der Waals surface area contributed by atoms with E-state index in [9.17, 15) is 10.1 Å². The fraction of sp³-hybridized carbons (Fsp3) is 0.464. The Morgan fingerprint density at radius 2 is 2.13 bits per heavy atom. The van der Waals surface area contributed by atoms with Gasteiger partial charge in [0, 0.05) is 62.2 Å². The molecule has 3 N–H and O–H groups in total. The molecule has 11 nitrogen and oxygen atoms in total. The molecule has 0 saturated carbocycles. The smallest absolute Gasteiger partial charge is 0.269 e. The van der Waals surface area contributed by atoms with Crippen molar-refractivity contribution in [2.75, 3.05) is 44.1 Å². The lowest BCUT2D eigenvalue weighted by Crippen LogP contribution is -2.39. The number of nitrogens with one attached hydrogen (secondary N) is 3. The van der Waals surface area contributed by atoms with Crippen LogP contribution in [-0.2, 0) is 14.9 Å². The summed E-state index contributed by atoms with van der Waals surface area (Å²) in [5, 5.41) is 24.1. The Bertz CT molecular complexity index is 1410. The van der Waals surface area contributed by atoms with Crippen molar-refractivity contribution in [3.63, 3.8) is 0 Å². The van der Waals surface area contributed by atoms with Gasteiger partial charge in [0.2, 0.25) is 5.95 Å². The second kappa shape index (κ2) is 11.0. The number of benzene rings is 1. The number of anilines is 3. The molecular weight excluding hydrogens is 496 g/mol. The van der Waals surface area contributed by atoms with E-state index in [0.717, 1.165) is 29.7 Å². The molecule has 204 valence electrons. The lowest BCUT2D eigenvalue weighted by molar-refractivity contribution is 0.0690. The minimum Gasteiger partial charge on any atom is -0.384 e. The Kier molecular flexibility index (Phi) is 7.50. The largest absolute Gasteiger partial charge is 0.384 e. The number of methoxy groups -OCH3 is 1. The normalized spacial score (nSPS) is 18.9. The first-order chi connectivity index (χ1) is 18.8. The quantitative estimate of drug-likeness (QED) is 0.397. The molecule has 4 heterocycles. The molecule has 5 rings (SSSR count). The van der Waals surface area contributed by atoms with Gasteiger partial charge in [0.1, 0.15) is 11.8 Å². The predicted octanol–water partition coefficient (Wildman–Crippen LogP) is 3.77. The summed E-state index contributed by atoms with van der Waals surface area (Å²) in [6.07, 6.45) is 3.25. The third-order valence-corrected chi connectivity index (χ3v) is 7.23. The highest BCUT2D eigenvalue weighted by Gasteiger charge is 2.36. The monoisotopic (exact) mass is 530 g/mol. The van der Waals surface area contributed by atoms with E-state index in [1.165, 1.54) is 0 Å². The van der Waals surface area contributed by atoms with Crippen LogP contribution in [0.4, 0.5) is 17.5 Å². The first kappa shape index (κ1) is 26.6. The molecule has 0 bridgehead atoms. The predicted molar refractivity (Wildman–Crippen MR) is 147 cm³/mol. The fourth-order valence-electron chi connectivity index (χ4n) is 5.18. The van der Waals surface area contributed by atoms with Gasteiger partial charge in [-0.2, -0.15) is 10.4 Å². The summed E-state index contributed by atoms with van der Waals surface area (Å²) in [5.41, 5.74) is 4.13. The fourth-order valence-corrected chi connectivity index (χ4v) is 5.18. The van der Waals surface area contributed by atoms with Gasteiger partial charge in [-0.1, -0.05) is 6.92 Å². The summed E-state index contributed by atoms with van der Waals surface area (Å²) in [4.78, 5) is 22.2. The van der Waals surface area contributed by atoms with Gasteiger partial charge in [-0.25, -0.2) is 9.97 Å². The number of ether oxygens (including phenoxy) is 2. The highest BCUT2D eigenvalue weighted by molar-refractivity contribution is 5.93. The highest BCUT2D eigenvalue weighted by atomic mass is 16.5. The molecule has 2 aromatic heterocycles. The van der Waals surface area contributed by atoms with Crippen LogP contribution >= 0.6 is 0 Å². The molecule has 1 aromatic carbocycles. The van der Waals surface area contributed by atoms with E-state index in [4.69, 9.17) is 14.5 Å². The third-order valence-electron chi connectivity index (χ3n) is 7.23. The van der Waals surface area contributed by atoms with E-state index < -0.39 is 0 Å². The van der Waals surface area contributed by atoms with E-state index >= 15 is 0 Å². The molecule has 3 aromatic rings. The van der Waals surface area contributed by atoms with Crippen LogP contribution in [0.1, 0.15) is 61.3 Å². The Labute approximate surface area is 227 Å². The van der Waals surface area contributed by atoms with E-state index in [1.54, 1.807) is 24.1 Å². The summed E-state index contributed by atoms with van der Waals surface area (Å²) in [7, 11) is 1.68. The van der Waals surface area contributed by atoms with Crippen molar-refractivity contribution in [2.24, 2.45) is 0 Å². The van der Waals surface area contributed by atoms with E-state index in [1.807, 2.05) is 26.0 Å². The average molecular weight is 531 g/mol. The second-order valence-corrected chi connectivity index (χ2v) is 10.6. The molecular formula is C28H34N8O3. The van der Waals surface area contributed by atoms with Gasteiger partial charge in [0.15, 0.2) is 5.82 Å². The number of fused-ring (bicyclic) bond motifs is 1. The zero-order valence-electron chi connectivity index (χ0n) is 22.7. The van der Waals surface area contributed by atoms with Gasteiger partial charge >= 0.3 is 0 Å². The van der Waals surface area contributed by atoms with E-state index in [2.05, 4.69) is 45.1 Å². The number of aromatic nitrogens is 4. The minimum absolute atomic E-state index is 0.0194. The summed E-state index contributed by atoms with van der Waals surface area (Å²) in [6, 6.07) is 9.81. The molecule has 1 unspecified atom stereocenters. The van der Waals surface area contributed by atoms with E-state index in [0.29, 0.717) is 55.1 Å². The molecule has 1 atom stereocenters. The zero-order chi connectivity index (χ0) is 27.6. The molecule has 2 aliphatic rings. The van der Waals surface area contributed by atoms with Crippen molar-refractivity contribution in [3.05, 3.63) is 47.3 Å². The van der Waals surface area contributed by atoms with Gasteiger partial charge in [-0.3, -0.25) is 9.48 Å². The lowest BCUT2D eigenvalue weighted by atomic mass is 9.83. The molecule has 2 aliphatic heterocycles. The van der Waals surface area contributed by atoms with Gasteiger partial charge in [0.25, 0.3) is 5.91 Å². The van der Waals surface area contributed by atoms with Gasteiger partial charge in [-0.15, -0.1) is 0 Å². The van der Waals surface area contributed by atoms with Crippen LogP contribution in [0.2, 0.25) is 0 Å². The Hall–Kier alpha value is -4.01. The van der Waals surface area contributed by atoms with Crippen LogP contribution in [0.25, 0.3) is 11.3 Å². The number of nitrogens with zero attached hydrogens (tertiary/aromatic N) is 5. The second-order valence-electron chi connectivity index (χ2n) is 10.6. The van der Waals surface area contributed by atoms with Crippen molar-refractivity contribution in [1.82, 2.24) is 25.1 Å². The Balaban J connectivity index is 1.41. The van der Waals surface area contributed by atoms with Crippen LogP contribution in [0.3, 0.4) is 0 Å². The van der Waals surface area contributed by atoms with Gasteiger partial charge < -0.3 is 25.4 Å². The number of carbonyl (C=O) groups excluding carboxylic acids is 1. The summed E-state index contributed by atoms with van der Waals surface area (Å²) >= 11 is 0. The molecule has 11 heteroatoms. The molecule has 0 aliphatic carbocycles. The zero-order valence-corrected chi connectivity index (χ0v) is 22.7. The molecule has 39 heavy (non-hydrogen) atoms. The first-order valence-corrected chi connectivity index (χ1v) is 13.2. The van der Waals surface area contributed by atoms with Gasteiger partial charge in [-0.05, 0) is 50.5 Å². The lowest BCUT2D eigenvalue weighted by Gasteiger charge is -2.23. The first-order valence-electron chi connectivity index (χ1n) is 13.2. The Morgan fingerprint density at radius 1 is 1.33 bits per heavy atom.